The van der Waals surface area contributed by atoms with Crippen molar-refractivity contribution < 1.29 is 9.53 Å². The molecule has 0 spiro atoms. The van der Waals surface area contributed by atoms with Crippen LogP contribution in [0, 0.1) is 0 Å². The Morgan fingerprint density at radius 3 is 2.43 bits per heavy atom. The maximum absolute atomic E-state index is 12.2. The average Bonchev–Trinajstić information content (AvgIpc) is 2.67. The Balaban J connectivity index is 1.81. The quantitative estimate of drug-likeness (QED) is 0.688. The summed E-state index contributed by atoms with van der Waals surface area (Å²) in [5.74, 6) is 0. The molecule has 1 saturated heterocycles. The zero-order valence-electron chi connectivity index (χ0n) is 17.7. The molecular formula is C24H34N2O2. The highest BCUT2D eigenvalue weighted by Gasteiger charge is 2.26. The molecule has 1 aromatic carbocycles. The molecule has 0 saturated carbocycles. The largest absolute Gasteiger partial charge is 0.444 e. The van der Waals surface area contributed by atoms with Crippen LogP contribution in [0.3, 0.4) is 0 Å². The van der Waals surface area contributed by atoms with Gasteiger partial charge in [0.2, 0.25) is 0 Å². The molecule has 0 atom stereocenters. The van der Waals surface area contributed by atoms with Gasteiger partial charge in [-0.15, -0.1) is 0 Å². The van der Waals surface area contributed by atoms with Crippen molar-refractivity contribution in [2.45, 2.75) is 52.2 Å². The lowest BCUT2D eigenvalue weighted by atomic mass is 10.0. The highest BCUT2D eigenvalue weighted by molar-refractivity contribution is 5.68. The van der Waals surface area contributed by atoms with Crippen LogP contribution in [-0.4, -0.2) is 42.3 Å². The summed E-state index contributed by atoms with van der Waals surface area (Å²) < 4.78 is 5.46. The van der Waals surface area contributed by atoms with Crippen molar-refractivity contribution in [1.82, 2.24) is 10.2 Å². The zero-order chi connectivity index (χ0) is 20.6. The van der Waals surface area contributed by atoms with Gasteiger partial charge in [0.05, 0.1) is 0 Å². The number of allylic oxidation sites excluding steroid dienone is 3. The lowest BCUT2D eigenvalue weighted by molar-refractivity contribution is 0.0199. The standard InChI is InChI=1S/C24H34N2O2/c1-6-20(13-12-19(2)21-10-8-7-9-11-21)18-25-22-14-16-26(17-15-22)23(27)28-24(3,4)5/h6-13,22,25H,1,14-18H2,2-5H3/b19-12+,20-13+. The van der Waals surface area contributed by atoms with E-state index in [1.165, 1.54) is 11.1 Å². The van der Waals surface area contributed by atoms with Gasteiger partial charge in [-0.05, 0) is 57.2 Å². The summed E-state index contributed by atoms with van der Waals surface area (Å²) in [5.41, 5.74) is 3.17. The zero-order valence-corrected chi connectivity index (χ0v) is 17.7. The fourth-order valence-electron chi connectivity index (χ4n) is 3.08. The molecule has 0 aliphatic carbocycles. The molecule has 1 N–H and O–H groups in total. The number of ether oxygens (including phenoxy) is 1. The lowest BCUT2D eigenvalue weighted by Crippen LogP contribution is -2.46. The number of piperidine rings is 1. The number of nitrogens with one attached hydrogen (secondary N) is 1. The summed E-state index contributed by atoms with van der Waals surface area (Å²) in [7, 11) is 0. The Hall–Kier alpha value is -2.33. The summed E-state index contributed by atoms with van der Waals surface area (Å²) in [6.07, 6.45) is 7.82. The highest BCUT2D eigenvalue weighted by Crippen LogP contribution is 2.16. The summed E-state index contributed by atoms with van der Waals surface area (Å²) in [5, 5.41) is 3.60. The van der Waals surface area contributed by atoms with Crippen molar-refractivity contribution in [2.24, 2.45) is 0 Å². The van der Waals surface area contributed by atoms with E-state index in [0.717, 1.165) is 38.0 Å². The van der Waals surface area contributed by atoms with Gasteiger partial charge < -0.3 is 15.0 Å². The van der Waals surface area contributed by atoms with Gasteiger partial charge in [-0.1, -0.05) is 55.1 Å². The van der Waals surface area contributed by atoms with Crippen LogP contribution >= 0.6 is 0 Å². The minimum Gasteiger partial charge on any atom is -0.444 e. The summed E-state index contributed by atoms with van der Waals surface area (Å²) in [4.78, 5) is 14.0. The minimum atomic E-state index is -0.443. The van der Waals surface area contributed by atoms with Crippen LogP contribution < -0.4 is 5.32 Å². The van der Waals surface area contributed by atoms with Crippen molar-refractivity contribution in [1.29, 1.82) is 0 Å². The first-order valence-electron chi connectivity index (χ1n) is 10.0. The summed E-state index contributed by atoms with van der Waals surface area (Å²) >= 11 is 0. The number of nitrogens with zero attached hydrogens (tertiary/aromatic N) is 1. The van der Waals surface area contributed by atoms with E-state index in [2.05, 4.69) is 55.2 Å². The number of carbonyl (C=O) groups excluding carboxylic acids is 1. The van der Waals surface area contributed by atoms with E-state index in [1.807, 2.05) is 32.9 Å². The Labute approximate surface area is 170 Å². The Bertz CT molecular complexity index is 706. The number of hydrogen-bond donors (Lipinski definition) is 1. The predicted octanol–water partition coefficient (Wildman–Crippen LogP) is 5.19. The lowest BCUT2D eigenvalue weighted by Gasteiger charge is -2.33. The number of likely N-dealkylation sites (tertiary alicyclic amines) is 1. The molecule has 4 heteroatoms. The fourth-order valence-corrected chi connectivity index (χ4v) is 3.08. The molecule has 1 aliphatic rings. The van der Waals surface area contributed by atoms with Gasteiger partial charge in [-0.2, -0.15) is 0 Å². The number of carbonyl (C=O) groups is 1. The first kappa shape index (κ1) is 22.0. The summed E-state index contributed by atoms with van der Waals surface area (Å²) in [6, 6.07) is 10.8. The molecule has 1 aliphatic heterocycles. The molecule has 4 nitrogen and oxygen atoms in total. The van der Waals surface area contributed by atoms with Gasteiger partial charge in [0.1, 0.15) is 5.60 Å². The van der Waals surface area contributed by atoms with E-state index in [9.17, 15) is 4.79 Å². The Morgan fingerprint density at radius 1 is 1.21 bits per heavy atom. The van der Waals surface area contributed by atoms with E-state index >= 15 is 0 Å². The smallest absolute Gasteiger partial charge is 0.410 e. The van der Waals surface area contributed by atoms with Crippen molar-refractivity contribution in [3.8, 4) is 0 Å². The first-order valence-corrected chi connectivity index (χ1v) is 10.0. The maximum Gasteiger partial charge on any atom is 0.410 e. The molecular weight excluding hydrogens is 348 g/mol. The van der Waals surface area contributed by atoms with Crippen molar-refractivity contribution in [3.63, 3.8) is 0 Å². The number of amides is 1. The average molecular weight is 383 g/mol. The molecule has 1 fully saturated rings. The molecule has 0 aromatic heterocycles. The van der Waals surface area contributed by atoms with Crippen LogP contribution in [0.4, 0.5) is 4.79 Å². The number of benzene rings is 1. The third-order valence-corrected chi connectivity index (χ3v) is 4.78. The normalized spacial score (nSPS) is 16.8. The minimum absolute atomic E-state index is 0.209. The van der Waals surface area contributed by atoms with Crippen LogP contribution in [0.2, 0.25) is 0 Å². The van der Waals surface area contributed by atoms with Crippen LogP contribution in [0.15, 0.2) is 60.7 Å². The van der Waals surface area contributed by atoms with Crippen LogP contribution in [0.25, 0.3) is 5.57 Å². The Kier molecular flexibility index (Phi) is 8.06. The molecule has 0 unspecified atom stereocenters. The third-order valence-electron chi connectivity index (χ3n) is 4.78. The van der Waals surface area contributed by atoms with Gasteiger partial charge in [-0.3, -0.25) is 0 Å². The van der Waals surface area contributed by atoms with Gasteiger partial charge in [0.25, 0.3) is 0 Å². The van der Waals surface area contributed by atoms with Gasteiger partial charge in [0, 0.05) is 25.7 Å². The predicted molar refractivity (Wildman–Crippen MR) is 117 cm³/mol. The second-order valence-corrected chi connectivity index (χ2v) is 8.28. The summed E-state index contributed by atoms with van der Waals surface area (Å²) in [6.45, 7) is 14.0. The van der Waals surface area contributed by atoms with E-state index in [-0.39, 0.29) is 6.09 Å². The molecule has 1 aromatic rings. The van der Waals surface area contributed by atoms with Crippen molar-refractivity contribution in [3.05, 3.63) is 66.3 Å². The third kappa shape index (κ3) is 7.35. The van der Waals surface area contributed by atoms with Crippen LogP contribution in [0.1, 0.15) is 46.1 Å². The topological polar surface area (TPSA) is 41.6 Å². The first-order chi connectivity index (χ1) is 13.3. The highest BCUT2D eigenvalue weighted by atomic mass is 16.6. The monoisotopic (exact) mass is 382 g/mol. The maximum atomic E-state index is 12.2. The van der Waals surface area contributed by atoms with Crippen LogP contribution in [0.5, 0.6) is 0 Å². The fraction of sp³-hybridized carbons (Fsp3) is 0.458. The van der Waals surface area contributed by atoms with Crippen LogP contribution in [-0.2, 0) is 4.74 Å². The molecule has 1 amide bonds. The second-order valence-electron chi connectivity index (χ2n) is 8.28. The Morgan fingerprint density at radius 2 is 1.86 bits per heavy atom. The van der Waals surface area contributed by atoms with E-state index in [0.29, 0.717) is 6.04 Å². The molecule has 2 rings (SSSR count). The van der Waals surface area contributed by atoms with E-state index < -0.39 is 5.60 Å². The van der Waals surface area contributed by atoms with Crippen molar-refractivity contribution in [2.75, 3.05) is 19.6 Å². The molecule has 28 heavy (non-hydrogen) atoms. The molecule has 0 radical (unpaired) electrons. The number of hydrogen-bond acceptors (Lipinski definition) is 3. The van der Waals surface area contributed by atoms with E-state index in [4.69, 9.17) is 4.74 Å². The SMILES string of the molecule is C=C/C(=C\C=C(/C)c1ccccc1)CNC1CCN(C(=O)OC(C)(C)C)CC1. The molecule has 152 valence electrons. The van der Waals surface area contributed by atoms with Crippen molar-refractivity contribution >= 4 is 11.7 Å². The second kappa shape index (κ2) is 10.3. The van der Waals surface area contributed by atoms with Gasteiger partial charge in [0.15, 0.2) is 0 Å². The number of rotatable bonds is 6. The van der Waals surface area contributed by atoms with Gasteiger partial charge >= 0.3 is 6.09 Å². The van der Waals surface area contributed by atoms with Gasteiger partial charge in [-0.25, -0.2) is 4.79 Å². The molecule has 0 bridgehead atoms. The molecule has 1 heterocycles. The van der Waals surface area contributed by atoms with E-state index in [1.54, 1.807) is 4.90 Å².